The van der Waals surface area contributed by atoms with Crippen LogP contribution in [0, 0.1) is 23.4 Å². The van der Waals surface area contributed by atoms with Crippen molar-refractivity contribution in [2.75, 3.05) is 13.1 Å². The molecule has 8 heteroatoms. The zero-order chi connectivity index (χ0) is 16.5. The number of hydrogen-bond donors (Lipinski definition) is 1. The minimum Gasteiger partial charge on any atom is -0.383 e. The van der Waals surface area contributed by atoms with Gasteiger partial charge in [-0.15, -0.1) is 0 Å². The van der Waals surface area contributed by atoms with Gasteiger partial charge in [0.1, 0.15) is 5.82 Å². The predicted octanol–water partition coefficient (Wildman–Crippen LogP) is 3.24. The summed E-state index contributed by atoms with van der Waals surface area (Å²) in [5, 5.41) is 9.20. The number of likely N-dealkylation sites (tertiary alicyclic amines) is 1. The highest BCUT2D eigenvalue weighted by molar-refractivity contribution is 5.20. The Balaban J connectivity index is 1.94. The average molecular weight is 327 g/mol. The van der Waals surface area contributed by atoms with Gasteiger partial charge in [0, 0.05) is 18.2 Å². The first-order valence-electron chi connectivity index (χ1n) is 6.79. The molecule has 0 radical (unpaired) electrons. The Labute approximate surface area is 123 Å². The fourth-order valence-corrected chi connectivity index (χ4v) is 2.62. The van der Waals surface area contributed by atoms with Crippen molar-refractivity contribution in [3.63, 3.8) is 0 Å². The number of aliphatic hydroxyl groups excluding tert-OH is 1. The van der Waals surface area contributed by atoms with Gasteiger partial charge in [-0.3, -0.25) is 4.90 Å². The van der Waals surface area contributed by atoms with Gasteiger partial charge in [0.05, 0.1) is 0 Å². The van der Waals surface area contributed by atoms with Crippen LogP contribution in [0.4, 0.5) is 26.3 Å². The highest BCUT2D eigenvalue weighted by Gasteiger charge is 2.44. The molecule has 0 aromatic heterocycles. The quantitative estimate of drug-likeness (QED) is 0.681. The maximum Gasteiger partial charge on any atom is 0.414 e. The van der Waals surface area contributed by atoms with E-state index in [1.54, 1.807) is 4.90 Å². The van der Waals surface area contributed by atoms with Crippen molar-refractivity contribution in [1.29, 1.82) is 0 Å². The molecule has 124 valence electrons. The molecule has 1 aromatic carbocycles. The predicted molar refractivity (Wildman–Crippen MR) is 66.4 cm³/mol. The molecule has 0 saturated carbocycles. The van der Waals surface area contributed by atoms with E-state index in [0.717, 1.165) is 6.07 Å². The van der Waals surface area contributed by atoms with Crippen molar-refractivity contribution in [3.8, 4) is 0 Å². The smallest absolute Gasteiger partial charge is 0.383 e. The largest absolute Gasteiger partial charge is 0.414 e. The Bertz CT molecular complexity index is 525. The molecule has 1 atom stereocenters. The van der Waals surface area contributed by atoms with Crippen LogP contribution in [-0.4, -0.2) is 35.4 Å². The molecule has 1 aromatic rings. The van der Waals surface area contributed by atoms with E-state index in [0.29, 0.717) is 6.07 Å². The summed E-state index contributed by atoms with van der Waals surface area (Å²) in [4.78, 5) is 1.65. The second kappa shape index (κ2) is 6.45. The molecule has 22 heavy (non-hydrogen) atoms. The Kier molecular flexibility index (Phi) is 5.01. The molecule has 0 amide bonds. The number of aliphatic hydroxyl groups is 1. The molecular weight excluding hydrogens is 312 g/mol. The summed E-state index contributed by atoms with van der Waals surface area (Å²) in [5.74, 6) is -4.24. The highest BCUT2D eigenvalue weighted by atomic mass is 19.4. The van der Waals surface area contributed by atoms with Gasteiger partial charge >= 0.3 is 6.18 Å². The van der Waals surface area contributed by atoms with Crippen LogP contribution < -0.4 is 0 Å². The first-order chi connectivity index (χ1) is 10.2. The number of nitrogens with zero attached hydrogens (tertiary/aromatic N) is 1. The normalized spacial score (nSPS) is 19.4. The summed E-state index contributed by atoms with van der Waals surface area (Å²) in [7, 11) is 0. The van der Waals surface area contributed by atoms with E-state index in [9.17, 15) is 31.4 Å². The van der Waals surface area contributed by atoms with Crippen LogP contribution in [0.2, 0.25) is 0 Å². The fourth-order valence-electron chi connectivity index (χ4n) is 2.62. The second-order valence-electron chi connectivity index (χ2n) is 5.46. The lowest BCUT2D eigenvalue weighted by Crippen LogP contribution is -2.43. The molecule has 0 aliphatic carbocycles. The van der Waals surface area contributed by atoms with Gasteiger partial charge in [0.2, 0.25) is 0 Å². The van der Waals surface area contributed by atoms with E-state index < -0.39 is 35.6 Å². The highest BCUT2D eigenvalue weighted by Crippen LogP contribution is 2.32. The van der Waals surface area contributed by atoms with Gasteiger partial charge < -0.3 is 5.11 Å². The average Bonchev–Trinajstić information content (AvgIpc) is 2.44. The molecule has 1 aliphatic rings. The van der Waals surface area contributed by atoms with E-state index in [1.807, 2.05) is 0 Å². The maximum absolute atomic E-state index is 13.5. The monoisotopic (exact) mass is 327 g/mol. The summed E-state index contributed by atoms with van der Waals surface area (Å²) >= 11 is 0. The summed E-state index contributed by atoms with van der Waals surface area (Å²) in [5.41, 5.74) is -0.0475. The first-order valence-corrected chi connectivity index (χ1v) is 6.79. The zero-order valence-corrected chi connectivity index (χ0v) is 11.5. The van der Waals surface area contributed by atoms with Crippen LogP contribution in [-0.2, 0) is 6.54 Å². The first kappa shape index (κ1) is 17.1. The van der Waals surface area contributed by atoms with Crippen molar-refractivity contribution in [1.82, 2.24) is 4.90 Å². The summed E-state index contributed by atoms with van der Waals surface area (Å²) < 4.78 is 76.7. The number of halogens is 6. The van der Waals surface area contributed by atoms with Crippen LogP contribution in [0.15, 0.2) is 12.1 Å². The van der Waals surface area contributed by atoms with Crippen LogP contribution in [0.25, 0.3) is 0 Å². The van der Waals surface area contributed by atoms with Crippen molar-refractivity contribution in [2.45, 2.75) is 31.7 Å². The molecule has 0 bridgehead atoms. The van der Waals surface area contributed by atoms with Gasteiger partial charge in [-0.25, -0.2) is 13.2 Å². The SMILES string of the molecule is OC(C1CCN(Cc2cc(F)c(F)cc2F)CC1)C(F)(F)F. The molecule has 0 spiro atoms. The van der Waals surface area contributed by atoms with E-state index >= 15 is 0 Å². The van der Waals surface area contributed by atoms with Crippen molar-refractivity contribution < 1.29 is 31.4 Å². The lowest BCUT2D eigenvalue weighted by atomic mass is 9.90. The van der Waals surface area contributed by atoms with Crippen LogP contribution in [0.5, 0.6) is 0 Å². The van der Waals surface area contributed by atoms with Crippen molar-refractivity contribution >= 4 is 0 Å². The van der Waals surface area contributed by atoms with Gasteiger partial charge in [-0.1, -0.05) is 0 Å². The molecule has 2 nitrogen and oxygen atoms in total. The van der Waals surface area contributed by atoms with Crippen LogP contribution in [0.1, 0.15) is 18.4 Å². The Morgan fingerprint density at radius 1 is 1.05 bits per heavy atom. The standard InChI is InChI=1S/C14H15F6NO/c15-10-6-12(17)11(16)5-9(10)7-21-3-1-8(2-4-21)13(22)14(18,19)20/h5-6,8,13,22H,1-4,7H2. The third-order valence-electron chi connectivity index (χ3n) is 3.90. The van der Waals surface area contributed by atoms with Gasteiger partial charge in [0.15, 0.2) is 17.7 Å². The molecule has 1 heterocycles. The Hall–Kier alpha value is -1.28. The van der Waals surface area contributed by atoms with Gasteiger partial charge in [-0.2, -0.15) is 13.2 Å². The number of piperidine rings is 1. The number of hydrogen-bond acceptors (Lipinski definition) is 2. The molecule has 1 fully saturated rings. The molecular formula is C14H15F6NO. The Morgan fingerprint density at radius 2 is 1.59 bits per heavy atom. The molecule has 1 aliphatic heterocycles. The van der Waals surface area contributed by atoms with Crippen molar-refractivity contribution in [3.05, 3.63) is 35.1 Å². The van der Waals surface area contributed by atoms with E-state index in [-0.39, 0.29) is 38.0 Å². The third kappa shape index (κ3) is 3.92. The fraction of sp³-hybridized carbons (Fsp3) is 0.571. The number of alkyl halides is 3. The zero-order valence-electron chi connectivity index (χ0n) is 11.5. The van der Waals surface area contributed by atoms with Crippen LogP contribution in [0.3, 0.4) is 0 Å². The maximum atomic E-state index is 13.5. The van der Waals surface area contributed by atoms with E-state index in [4.69, 9.17) is 0 Å². The molecule has 1 unspecified atom stereocenters. The Morgan fingerprint density at radius 3 is 2.14 bits per heavy atom. The third-order valence-corrected chi connectivity index (χ3v) is 3.90. The molecule has 2 rings (SSSR count). The lowest BCUT2D eigenvalue weighted by molar-refractivity contribution is -0.223. The van der Waals surface area contributed by atoms with Crippen molar-refractivity contribution in [2.24, 2.45) is 5.92 Å². The van der Waals surface area contributed by atoms with Gasteiger partial charge in [0.25, 0.3) is 0 Å². The number of rotatable bonds is 3. The van der Waals surface area contributed by atoms with E-state index in [2.05, 4.69) is 0 Å². The minimum absolute atomic E-state index is 0.0160. The topological polar surface area (TPSA) is 23.5 Å². The van der Waals surface area contributed by atoms with Crippen LogP contribution >= 0.6 is 0 Å². The molecule has 1 saturated heterocycles. The van der Waals surface area contributed by atoms with Gasteiger partial charge in [-0.05, 0) is 37.9 Å². The second-order valence-corrected chi connectivity index (χ2v) is 5.46. The summed E-state index contributed by atoms with van der Waals surface area (Å²) in [6, 6.07) is 1.20. The lowest BCUT2D eigenvalue weighted by Gasteiger charge is -2.34. The summed E-state index contributed by atoms with van der Waals surface area (Å²) in [6.07, 6.45) is -6.81. The van der Waals surface area contributed by atoms with E-state index in [1.165, 1.54) is 0 Å². The minimum atomic E-state index is -4.65. The summed E-state index contributed by atoms with van der Waals surface area (Å²) in [6.45, 7) is 0.421. The molecule has 1 N–H and O–H groups in total. The number of benzene rings is 1.